The maximum absolute atomic E-state index is 12.8. The molecular formula is C57H48Cl2F18O16S4. The van der Waals surface area contributed by atoms with Crippen LogP contribution in [0.4, 0.5) is 79.0 Å². The number of rotatable bonds is 17. The summed E-state index contributed by atoms with van der Waals surface area (Å²) >= 11 is 9.53. The van der Waals surface area contributed by atoms with Crippen LogP contribution in [0.2, 0.25) is 0 Å². The van der Waals surface area contributed by atoms with Crippen LogP contribution in [0.5, 0.6) is 11.5 Å². The number of aliphatic hydroxyl groups is 1. The fraction of sp³-hybridized carbons (Fsp3) is 0.333. The van der Waals surface area contributed by atoms with Gasteiger partial charge in [-0.05, 0) is 126 Å². The average Bonchev–Trinajstić information content (AvgIpc) is 0.807. The summed E-state index contributed by atoms with van der Waals surface area (Å²) in [6.07, 6.45) is -0.848. The third-order valence-electron chi connectivity index (χ3n) is 8.04. The SMILES string of the molecule is C.C#CC#CC#CC#CC.C#CC#CC#CC#CC#C.CCCOC(F)(F)OC(F)(F)C(F)(F)OCCC.CS(=O)(=O)C(F)(F)F.ClCCl.O=S(=O)(OCOc1cccc2ccccc12)C(F)(F)F.O=S(=O)(OS(=O)(=O)C(F)(F)F)C(F)(F)F.OCOc1cccc2ccccc12. The Balaban J connectivity index is -0.000000343. The highest BCUT2D eigenvalue weighted by molar-refractivity contribution is 8.00. The molecule has 0 heterocycles. The molecule has 4 rings (SSSR count). The minimum absolute atomic E-state index is 0. The first kappa shape index (κ1) is 97.6. The van der Waals surface area contributed by atoms with E-state index in [1.165, 1.54) is 19.9 Å². The van der Waals surface area contributed by atoms with E-state index >= 15 is 0 Å². The molecule has 0 spiro atoms. The zero-order valence-corrected chi connectivity index (χ0v) is 53.3. The predicted octanol–water partition coefficient (Wildman–Crippen LogP) is 13.0. The molecule has 40 heteroatoms. The Labute approximate surface area is 556 Å². The maximum Gasteiger partial charge on any atom is 0.524 e. The van der Waals surface area contributed by atoms with Crippen LogP contribution in [-0.4, -0.2) is 118 Å². The first-order chi connectivity index (χ1) is 44.0. The number of hydrogen-bond acceptors (Lipinski definition) is 16. The molecule has 0 bridgehead atoms. The molecule has 16 nitrogen and oxygen atoms in total. The number of fused-ring (bicyclic) bond motifs is 2. The fourth-order valence-electron chi connectivity index (χ4n) is 4.29. The van der Waals surface area contributed by atoms with Gasteiger partial charge >= 0.3 is 70.9 Å². The van der Waals surface area contributed by atoms with E-state index in [9.17, 15) is 113 Å². The van der Waals surface area contributed by atoms with Gasteiger partial charge in [-0.3, -0.25) is 4.74 Å². The van der Waals surface area contributed by atoms with E-state index < -0.39 is 101 Å². The van der Waals surface area contributed by atoms with Crippen molar-refractivity contribution >= 4 is 84.9 Å². The Morgan fingerprint density at radius 1 is 0.464 bits per heavy atom. The van der Waals surface area contributed by atoms with Crippen molar-refractivity contribution in [3.8, 4) is 120 Å². The molecule has 1 N–H and O–H groups in total. The molecule has 97 heavy (non-hydrogen) atoms. The molecule has 536 valence electrons. The molecule has 4 aromatic carbocycles. The lowest BCUT2D eigenvalue weighted by Crippen LogP contribution is -2.49. The third-order valence-corrected chi connectivity index (χ3v) is 12.4. The standard InChI is InChI=1S/C12H9F3O4S.C11H10O2.C10H2.C9H14F6O3.C9H4.C2F6O5S2.C2H3F3O2S.CH2Cl2.CH4/c13-12(14,15)20(16,17)19-8-18-11-7-3-5-9-4-1-2-6-10(9)11;12-8-13-11-7-3-5-9-4-1-2-6-10(9)11;1-3-5-7-9-10-8-6-4-2;1-3-5-16-7(10,11)8(12,13)18-9(14,15)17-6-4-2;1-3-5-7-9-8-6-4-2;3-1(4,5)14(9,10)13-15(11,12)2(6,7)8;1-8(6,7)2(3,4)5;2-1-3;/h1-7H,8H2;1-7,12H,8H2;1-2H;3-6H2,1-2H3;1H,2H3;;1H3;1H2;1H4. The van der Waals surface area contributed by atoms with Crippen LogP contribution < -0.4 is 9.47 Å². The molecule has 0 radical (unpaired) electrons. The van der Waals surface area contributed by atoms with Gasteiger partial charge < -0.3 is 19.3 Å². The first-order valence-electron chi connectivity index (χ1n) is 23.9. The summed E-state index contributed by atoms with van der Waals surface area (Å²) in [6.45, 7) is 1.84. The minimum atomic E-state index is -6.85. The fourth-order valence-corrected chi connectivity index (χ4v) is 6.16. The monoisotopic (exact) mass is 1530 g/mol. The van der Waals surface area contributed by atoms with Crippen molar-refractivity contribution in [1.82, 2.24) is 0 Å². The molecule has 0 atom stereocenters. The Morgan fingerprint density at radius 3 is 1.10 bits per heavy atom. The van der Waals surface area contributed by atoms with E-state index in [1.54, 1.807) is 43.3 Å². The normalized spacial score (nSPS) is 10.9. The highest BCUT2D eigenvalue weighted by Crippen LogP contribution is 2.41. The zero-order valence-electron chi connectivity index (χ0n) is 48.5. The lowest BCUT2D eigenvalue weighted by molar-refractivity contribution is -0.526. The van der Waals surface area contributed by atoms with Gasteiger partial charge in [0.05, 0.1) is 18.6 Å². The predicted molar refractivity (Wildman–Crippen MR) is 320 cm³/mol. The largest absolute Gasteiger partial charge is 0.524 e. The Morgan fingerprint density at radius 2 is 0.784 bits per heavy atom. The number of halogens is 20. The second kappa shape index (κ2) is 47.0. The molecule has 0 amide bonds. The van der Waals surface area contributed by atoms with Gasteiger partial charge in [0.2, 0.25) is 16.6 Å². The molecule has 0 fully saturated rings. The van der Waals surface area contributed by atoms with E-state index in [-0.39, 0.29) is 44.4 Å². The quantitative estimate of drug-likeness (QED) is 0.0259. The lowest BCUT2D eigenvalue weighted by Gasteiger charge is -2.28. The van der Waals surface area contributed by atoms with Crippen molar-refractivity contribution in [2.24, 2.45) is 0 Å². The van der Waals surface area contributed by atoms with Crippen LogP contribution in [0, 0.1) is 108 Å². The van der Waals surface area contributed by atoms with Crippen molar-refractivity contribution < 1.29 is 149 Å². The van der Waals surface area contributed by atoms with Crippen molar-refractivity contribution in [2.75, 3.05) is 38.4 Å². The summed E-state index contributed by atoms with van der Waals surface area (Å²) in [5.74, 6) is 36.3. The molecule has 0 saturated carbocycles. The summed E-state index contributed by atoms with van der Waals surface area (Å²) < 4.78 is 320. The molecule has 0 aromatic heterocycles. The van der Waals surface area contributed by atoms with Crippen LogP contribution in [0.3, 0.4) is 0 Å². The van der Waals surface area contributed by atoms with Crippen LogP contribution in [0.25, 0.3) is 21.5 Å². The lowest BCUT2D eigenvalue weighted by atomic mass is 10.1. The number of terminal acetylenes is 3. The number of ether oxygens (including phenoxy) is 5. The van der Waals surface area contributed by atoms with Gasteiger partial charge in [0.1, 0.15) is 11.5 Å². The topological polar surface area (TPSA) is 221 Å². The Hall–Kier alpha value is -8.08. The number of sulfone groups is 1. The van der Waals surface area contributed by atoms with E-state index in [0.29, 0.717) is 5.39 Å². The Kier molecular flexibility index (Phi) is 47.3. The first-order valence-corrected chi connectivity index (χ1v) is 31.1. The van der Waals surface area contributed by atoms with Gasteiger partial charge in [-0.25, -0.2) is 17.3 Å². The number of hydrogen-bond donors (Lipinski definition) is 1. The summed E-state index contributed by atoms with van der Waals surface area (Å²) in [7, 11) is -24.2. The van der Waals surface area contributed by atoms with Crippen LogP contribution in [0.1, 0.15) is 41.0 Å². The van der Waals surface area contributed by atoms with Crippen LogP contribution >= 0.6 is 23.2 Å². The van der Waals surface area contributed by atoms with Crippen LogP contribution in [0.15, 0.2) is 84.9 Å². The average molecular weight is 1530 g/mol. The molecule has 0 aliphatic heterocycles. The summed E-state index contributed by atoms with van der Waals surface area (Å²) in [5.41, 5.74) is -23.1. The van der Waals surface area contributed by atoms with Crippen molar-refractivity contribution in [1.29, 1.82) is 0 Å². The smallest absolute Gasteiger partial charge is 0.467 e. The van der Waals surface area contributed by atoms with Gasteiger partial charge in [-0.15, -0.1) is 54.9 Å². The van der Waals surface area contributed by atoms with Gasteiger partial charge in [0.15, 0.2) is 6.79 Å². The maximum atomic E-state index is 12.8. The minimum Gasteiger partial charge on any atom is -0.467 e. The highest BCUT2D eigenvalue weighted by Gasteiger charge is 2.65. The second-order valence-corrected chi connectivity index (χ2v) is 22.8. The number of alkyl halides is 20. The summed E-state index contributed by atoms with van der Waals surface area (Å²) in [6, 6.07) is 25.6. The molecule has 0 aliphatic rings. The zero-order chi connectivity index (χ0) is 75.4. The van der Waals surface area contributed by atoms with E-state index in [0.717, 1.165) is 21.9 Å². The van der Waals surface area contributed by atoms with E-state index in [2.05, 4.69) is 107 Å². The molecule has 0 unspecified atom stereocenters. The molecule has 0 aliphatic carbocycles. The van der Waals surface area contributed by atoms with Crippen molar-refractivity contribution in [3.63, 3.8) is 0 Å². The van der Waals surface area contributed by atoms with Crippen molar-refractivity contribution in [2.45, 2.75) is 81.6 Å². The Bertz CT molecular complexity index is 4010. The number of aliphatic hydroxyl groups excluding tert-OH is 1. The molecule has 4 aromatic rings. The highest BCUT2D eigenvalue weighted by atomic mass is 35.5. The van der Waals surface area contributed by atoms with E-state index in [4.69, 9.17) is 57.1 Å². The van der Waals surface area contributed by atoms with Crippen molar-refractivity contribution in [3.05, 3.63) is 84.9 Å². The van der Waals surface area contributed by atoms with Crippen LogP contribution in [-0.2, 0) is 62.2 Å². The summed E-state index contributed by atoms with van der Waals surface area (Å²) in [5, 5.41) is 12.4. The third kappa shape index (κ3) is 42.3. The summed E-state index contributed by atoms with van der Waals surface area (Å²) in [4.78, 5) is 0. The van der Waals surface area contributed by atoms with Gasteiger partial charge in [0, 0.05) is 17.0 Å². The van der Waals surface area contributed by atoms with E-state index in [1.807, 2.05) is 46.1 Å². The van der Waals surface area contributed by atoms with Gasteiger partial charge in [-0.2, -0.15) is 95.5 Å². The molecular weight excluding hydrogens is 1480 g/mol. The molecule has 0 saturated heterocycles. The van der Waals surface area contributed by atoms with Gasteiger partial charge in [-0.1, -0.05) is 100.0 Å². The van der Waals surface area contributed by atoms with Gasteiger partial charge in [0.25, 0.3) is 0 Å². The second-order valence-electron chi connectivity index (χ2n) is 15.0. The number of benzene rings is 4.